The molecule has 0 aromatic heterocycles. The molecule has 2 amide bonds. The summed E-state index contributed by atoms with van der Waals surface area (Å²) in [6.45, 7) is 8.68. The predicted molar refractivity (Wildman–Crippen MR) is 91.5 cm³/mol. The average Bonchev–Trinajstić information content (AvgIpc) is 3.32. The molecule has 1 saturated carbocycles. The molecule has 24 heavy (non-hydrogen) atoms. The van der Waals surface area contributed by atoms with Crippen LogP contribution in [0.25, 0.3) is 0 Å². The van der Waals surface area contributed by atoms with Crippen LogP contribution in [0.2, 0.25) is 0 Å². The van der Waals surface area contributed by atoms with Crippen molar-refractivity contribution >= 4 is 11.8 Å². The van der Waals surface area contributed by atoms with E-state index in [0.29, 0.717) is 24.7 Å². The number of hydrogen-bond acceptors (Lipinski definition) is 4. The molecule has 2 aliphatic heterocycles. The predicted octanol–water partition coefficient (Wildman–Crippen LogP) is 0.860. The van der Waals surface area contributed by atoms with Crippen LogP contribution in [0.4, 0.5) is 0 Å². The number of carbonyl (C=O) groups is 2. The molecule has 0 aromatic rings. The molecule has 0 aromatic carbocycles. The van der Waals surface area contributed by atoms with Crippen LogP contribution in [0, 0.1) is 11.8 Å². The molecule has 2 heterocycles. The quantitative estimate of drug-likeness (QED) is 0.756. The summed E-state index contributed by atoms with van der Waals surface area (Å²) >= 11 is 0. The zero-order chi connectivity index (χ0) is 17.1. The summed E-state index contributed by atoms with van der Waals surface area (Å²) in [7, 11) is 0. The molecule has 136 valence electrons. The first-order valence-corrected chi connectivity index (χ1v) is 9.47. The van der Waals surface area contributed by atoms with Gasteiger partial charge in [0.2, 0.25) is 11.8 Å². The number of amides is 2. The second kappa shape index (κ2) is 7.83. The van der Waals surface area contributed by atoms with E-state index in [0.717, 1.165) is 52.0 Å². The summed E-state index contributed by atoms with van der Waals surface area (Å²) in [5, 5.41) is 3.14. The van der Waals surface area contributed by atoms with Crippen molar-refractivity contribution in [2.75, 3.05) is 39.3 Å². The summed E-state index contributed by atoms with van der Waals surface area (Å²) in [5.41, 5.74) is 0. The number of rotatable bonds is 5. The molecule has 4 atom stereocenters. The first-order chi connectivity index (χ1) is 11.6. The Kier molecular flexibility index (Phi) is 5.76. The highest BCUT2D eigenvalue weighted by Gasteiger charge is 2.47. The minimum atomic E-state index is 0.128. The van der Waals surface area contributed by atoms with Crippen molar-refractivity contribution in [3.63, 3.8) is 0 Å². The van der Waals surface area contributed by atoms with Crippen molar-refractivity contribution in [1.29, 1.82) is 0 Å². The number of ether oxygens (including phenoxy) is 1. The first-order valence-electron chi connectivity index (χ1n) is 9.47. The summed E-state index contributed by atoms with van der Waals surface area (Å²) in [6.07, 6.45) is 5.15. The highest BCUT2D eigenvalue weighted by atomic mass is 16.6. The van der Waals surface area contributed by atoms with Crippen molar-refractivity contribution < 1.29 is 14.3 Å². The van der Waals surface area contributed by atoms with E-state index in [1.807, 2.05) is 4.90 Å². The molecular weight excluding hydrogens is 306 g/mol. The molecule has 1 aliphatic carbocycles. The van der Waals surface area contributed by atoms with Crippen LogP contribution in [0.1, 0.15) is 39.5 Å². The van der Waals surface area contributed by atoms with Gasteiger partial charge in [0.05, 0.1) is 12.2 Å². The van der Waals surface area contributed by atoms with E-state index in [2.05, 4.69) is 17.1 Å². The van der Waals surface area contributed by atoms with Crippen LogP contribution >= 0.6 is 0 Å². The van der Waals surface area contributed by atoms with Gasteiger partial charge in [-0.1, -0.05) is 12.8 Å². The Morgan fingerprint density at radius 1 is 1.12 bits per heavy atom. The van der Waals surface area contributed by atoms with Crippen LogP contribution in [-0.4, -0.2) is 73.1 Å². The Balaban J connectivity index is 1.38. The molecule has 2 saturated heterocycles. The van der Waals surface area contributed by atoms with Crippen molar-refractivity contribution in [2.24, 2.45) is 11.8 Å². The van der Waals surface area contributed by atoms with Crippen LogP contribution in [-0.2, 0) is 14.3 Å². The monoisotopic (exact) mass is 337 g/mol. The normalized spacial score (nSPS) is 34.0. The third-order valence-electron chi connectivity index (χ3n) is 5.88. The minimum Gasteiger partial charge on any atom is -0.370 e. The van der Waals surface area contributed by atoms with Gasteiger partial charge in [0.25, 0.3) is 0 Å². The Bertz CT molecular complexity index is 462. The summed E-state index contributed by atoms with van der Waals surface area (Å²) in [6, 6.07) is 0. The number of hydrogen-bond donors (Lipinski definition) is 1. The zero-order valence-electron chi connectivity index (χ0n) is 15.0. The Hall–Kier alpha value is -1.14. The maximum absolute atomic E-state index is 12.6. The molecule has 3 aliphatic rings. The third-order valence-corrected chi connectivity index (χ3v) is 5.88. The number of epoxide rings is 1. The molecule has 3 rings (SSSR count). The van der Waals surface area contributed by atoms with Crippen molar-refractivity contribution in [3.8, 4) is 0 Å². The van der Waals surface area contributed by atoms with Crippen LogP contribution in [0.5, 0.6) is 0 Å². The van der Waals surface area contributed by atoms with Crippen molar-refractivity contribution in [1.82, 2.24) is 15.1 Å². The minimum absolute atomic E-state index is 0.128. The van der Waals surface area contributed by atoms with Gasteiger partial charge in [-0.25, -0.2) is 0 Å². The lowest BCUT2D eigenvalue weighted by Crippen LogP contribution is -2.50. The smallest absolute Gasteiger partial charge is 0.223 e. The summed E-state index contributed by atoms with van der Waals surface area (Å²) in [4.78, 5) is 28.1. The fraction of sp³-hybridized carbons (Fsp3) is 0.889. The lowest BCUT2D eigenvalue weighted by atomic mass is 9.76. The highest BCUT2D eigenvalue weighted by Crippen LogP contribution is 2.41. The van der Waals surface area contributed by atoms with Gasteiger partial charge in [0, 0.05) is 52.1 Å². The van der Waals surface area contributed by atoms with Gasteiger partial charge in [-0.3, -0.25) is 14.5 Å². The zero-order valence-corrected chi connectivity index (χ0v) is 15.0. The maximum Gasteiger partial charge on any atom is 0.223 e. The van der Waals surface area contributed by atoms with Gasteiger partial charge in [0.1, 0.15) is 0 Å². The van der Waals surface area contributed by atoms with Gasteiger partial charge in [0.15, 0.2) is 0 Å². The molecule has 6 nitrogen and oxygen atoms in total. The molecule has 3 fully saturated rings. The number of nitrogens with one attached hydrogen (secondary N) is 1. The van der Waals surface area contributed by atoms with Gasteiger partial charge >= 0.3 is 0 Å². The SMILES string of the molecule is CC(=O)N1CCN(CCNC(=O)[C@@H]2CCCC[C@@H]2C2OC2C)CC1. The second-order valence-electron chi connectivity index (χ2n) is 7.50. The Labute approximate surface area is 144 Å². The third kappa shape index (κ3) is 4.28. The fourth-order valence-electron chi connectivity index (χ4n) is 4.28. The molecular formula is C18H31N3O3. The van der Waals surface area contributed by atoms with E-state index in [1.165, 1.54) is 6.42 Å². The van der Waals surface area contributed by atoms with Crippen LogP contribution in [0.3, 0.4) is 0 Å². The fourth-order valence-corrected chi connectivity index (χ4v) is 4.28. The first kappa shape index (κ1) is 17.7. The Morgan fingerprint density at radius 2 is 1.79 bits per heavy atom. The van der Waals surface area contributed by atoms with Gasteiger partial charge in [-0.05, 0) is 25.7 Å². The molecule has 0 spiro atoms. The molecule has 0 radical (unpaired) electrons. The van der Waals surface area contributed by atoms with E-state index in [-0.39, 0.29) is 17.7 Å². The van der Waals surface area contributed by atoms with Crippen LogP contribution in [0.15, 0.2) is 0 Å². The standard InChI is InChI=1S/C18H31N3O3/c1-13-17(24-13)15-5-3-4-6-16(15)18(23)19-7-8-20-9-11-21(12-10-20)14(2)22/h13,15-17H,3-12H2,1-2H3,(H,19,23)/t13?,15-,16+,17?/m0/s1. The lowest BCUT2D eigenvalue weighted by Gasteiger charge is -2.34. The van der Waals surface area contributed by atoms with Crippen LogP contribution < -0.4 is 5.32 Å². The number of carbonyl (C=O) groups excluding carboxylic acids is 2. The van der Waals surface area contributed by atoms with E-state index in [4.69, 9.17) is 4.74 Å². The largest absolute Gasteiger partial charge is 0.370 e. The summed E-state index contributed by atoms with van der Waals surface area (Å²) in [5.74, 6) is 0.906. The van der Waals surface area contributed by atoms with E-state index >= 15 is 0 Å². The number of nitrogens with zero attached hydrogens (tertiary/aromatic N) is 2. The molecule has 1 N–H and O–H groups in total. The Morgan fingerprint density at radius 3 is 2.42 bits per heavy atom. The van der Waals surface area contributed by atoms with Gasteiger partial charge < -0.3 is 15.0 Å². The van der Waals surface area contributed by atoms with E-state index in [1.54, 1.807) is 6.92 Å². The molecule has 6 heteroatoms. The second-order valence-corrected chi connectivity index (χ2v) is 7.50. The summed E-state index contributed by atoms with van der Waals surface area (Å²) < 4.78 is 5.65. The van der Waals surface area contributed by atoms with E-state index < -0.39 is 0 Å². The highest BCUT2D eigenvalue weighted by molar-refractivity contribution is 5.79. The maximum atomic E-state index is 12.6. The van der Waals surface area contributed by atoms with E-state index in [9.17, 15) is 9.59 Å². The topological polar surface area (TPSA) is 65.2 Å². The van der Waals surface area contributed by atoms with Crippen molar-refractivity contribution in [2.45, 2.75) is 51.7 Å². The molecule has 0 bridgehead atoms. The lowest BCUT2D eigenvalue weighted by molar-refractivity contribution is -0.130. The average molecular weight is 337 g/mol. The number of piperazine rings is 1. The van der Waals surface area contributed by atoms with Gasteiger partial charge in [-0.15, -0.1) is 0 Å². The molecule has 2 unspecified atom stereocenters. The van der Waals surface area contributed by atoms with Gasteiger partial charge in [-0.2, -0.15) is 0 Å². The van der Waals surface area contributed by atoms with Crippen molar-refractivity contribution in [3.05, 3.63) is 0 Å².